The van der Waals surface area contributed by atoms with Crippen molar-refractivity contribution in [2.75, 3.05) is 5.73 Å². The largest absolute Gasteiger partial charge is 0.397 e. The van der Waals surface area contributed by atoms with Crippen molar-refractivity contribution in [3.63, 3.8) is 0 Å². The quantitative estimate of drug-likeness (QED) is 0.377. The van der Waals surface area contributed by atoms with E-state index >= 15 is 0 Å². The van der Waals surface area contributed by atoms with Crippen LogP contribution in [0.4, 0.5) is 5.69 Å². The monoisotopic (exact) mass is 506 g/mol. The van der Waals surface area contributed by atoms with Crippen LogP contribution in [-0.4, -0.2) is 44.7 Å². The molecule has 0 amide bonds. The number of fused-ring (bicyclic) bond motifs is 1. The number of pyridine rings is 1. The molecule has 5 aromatic rings. The second-order valence-electron chi connectivity index (χ2n) is 8.00. The molecule has 1 aliphatic rings. The van der Waals surface area contributed by atoms with Crippen LogP contribution < -0.4 is 11.3 Å². The number of halogens is 2. The highest BCUT2D eigenvalue weighted by Gasteiger charge is 2.30. The normalized spacial score (nSPS) is 14.9. The van der Waals surface area contributed by atoms with Crippen molar-refractivity contribution in [1.29, 1.82) is 0 Å². The minimum Gasteiger partial charge on any atom is -0.397 e. The third-order valence-electron chi connectivity index (χ3n) is 5.83. The second kappa shape index (κ2) is 8.29. The van der Waals surface area contributed by atoms with Gasteiger partial charge in [-0.3, -0.25) is 14.3 Å². The number of rotatable bonds is 4. The Morgan fingerprint density at radius 1 is 1.09 bits per heavy atom. The highest BCUT2D eigenvalue weighted by atomic mass is 35.5. The van der Waals surface area contributed by atoms with Gasteiger partial charge in [0.1, 0.15) is 28.8 Å². The van der Waals surface area contributed by atoms with Crippen LogP contribution in [-0.2, 0) is 6.42 Å². The number of aromatic amines is 1. The lowest BCUT2D eigenvalue weighted by molar-refractivity contribution is 0.568. The molecule has 4 aromatic heterocycles. The summed E-state index contributed by atoms with van der Waals surface area (Å²) >= 11 is 12.7. The van der Waals surface area contributed by atoms with Crippen molar-refractivity contribution in [1.82, 2.24) is 44.7 Å². The van der Waals surface area contributed by atoms with Gasteiger partial charge in [0.25, 0.3) is 5.56 Å². The fraction of sp³-hybridized carbons (Fsp3) is 0.136. The molecular weight excluding hydrogens is 491 g/mol. The van der Waals surface area contributed by atoms with Crippen LogP contribution in [0.1, 0.15) is 24.1 Å². The van der Waals surface area contributed by atoms with Gasteiger partial charge < -0.3 is 10.7 Å². The lowest BCUT2D eigenvalue weighted by Gasteiger charge is -2.14. The Bertz CT molecular complexity index is 1610. The summed E-state index contributed by atoms with van der Waals surface area (Å²) in [7, 11) is 0. The molecule has 0 radical (unpaired) electrons. The van der Waals surface area contributed by atoms with Crippen molar-refractivity contribution in [3.8, 4) is 28.3 Å². The zero-order chi connectivity index (χ0) is 24.1. The van der Waals surface area contributed by atoms with E-state index in [1.54, 1.807) is 41.1 Å². The molecule has 5 heterocycles. The van der Waals surface area contributed by atoms with Crippen LogP contribution >= 0.6 is 23.2 Å². The van der Waals surface area contributed by atoms with Crippen LogP contribution in [0.3, 0.4) is 0 Å². The first-order valence-corrected chi connectivity index (χ1v) is 11.4. The van der Waals surface area contributed by atoms with Gasteiger partial charge in [0.2, 0.25) is 0 Å². The van der Waals surface area contributed by atoms with Crippen LogP contribution in [0, 0.1) is 0 Å². The Labute approximate surface area is 207 Å². The van der Waals surface area contributed by atoms with Crippen LogP contribution in [0.2, 0.25) is 10.2 Å². The maximum absolute atomic E-state index is 13.3. The Balaban J connectivity index is 1.41. The predicted molar refractivity (Wildman–Crippen MR) is 129 cm³/mol. The van der Waals surface area contributed by atoms with Gasteiger partial charge in [0.15, 0.2) is 0 Å². The van der Waals surface area contributed by atoms with E-state index in [1.807, 2.05) is 0 Å². The molecule has 174 valence electrons. The first kappa shape index (κ1) is 21.4. The van der Waals surface area contributed by atoms with Gasteiger partial charge >= 0.3 is 0 Å². The van der Waals surface area contributed by atoms with Gasteiger partial charge in [-0.2, -0.15) is 4.68 Å². The molecule has 1 atom stereocenters. The minimum atomic E-state index is -0.336. The zero-order valence-electron chi connectivity index (χ0n) is 17.9. The summed E-state index contributed by atoms with van der Waals surface area (Å²) in [5.41, 5.74) is 8.93. The summed E-state index contributed by atoms with van der Waals surface area (Å²) < 4.78 is 3.14. The van der Waals surface area contributed by atoms with E-state index in [4.69, 9.17) is 33.9 Å². The number of imidazole rings is 1. The van der Waals surface area contributed by atoms with Crippen LogP contribution in [0.25, 0.3) is 28.3 Å². The molecule has 1 aliphatic heterocycles. The first-order chi connectivity index (χ1) is 17.0. The third kappa shape index (κ3) is 3.74. The summed E-state index contributed by atoms with van der Waals surface area (Å²) in [6.45, 7) is 0. The second-order valence-corrected chi connectivity index (χ2v) is 8.81. The Morgan fingerprint density at radius 3 is 2.74 bits per heavy atom. The van der Waals surface area contributed by atoms with E-state index in [2.05, 4.69) is 30.5 Å². The smallest absolute Gasteiger partial charge is 0.254 e. The molecule has 0 aliphatic carbocycles. The van der Waals surface area contributed by atoms with E-state index in [1.165, 1.54) is 17.1 Å². The van der Waals surface area contributed by atoms with Crippen LogP contribution in [0.5, 0.6) is 0 Å². The lowest BCUT2D eigenvalue weighted by atomic mass is 10.1. The number of H-pyrrole nitrogens is 1. The number of tetrazole rings is 1. The average Bonchev–Trinajstić information content (AvgIpc) is 3.59. The van der Waals surface area contributed by atoms with Gasteiger partial charge in [-0.25, -0.2) is 9.97 Å². The van der Waals surface area contributed by atoms with Gasteiger partial charge in [-0.15, -0.1) is 5.10 Å². The predicted octanol–water partition coefficient (Wildman–Crippen LogP) is 3.10. The van der Waals surface area contributed by atoms with Crippen molar-refractivity contribution in [3.05, 3.63) is 81.1 Å². The van der Waals surface area contributed by atoms with Gasteiger partial charge in [-0.05, 0) is 47.2 Å². The molecular formula is C22H16Cl2N10O. The minimum absolute atomic E-state index is 0.213. The number of nitrogens with one attached hydrogen (secondary N) is 1. The molecule has 13 heteroatoms. The first-order valence-electron chi connectivity index (χ1n) is 10.6. The van der Waals surface area contributed by atoms with Gasteiger partial charge in [-0.1, -0.05) is 23.2 Å². The number of nitrogens with zero attached hydrogens (tertiary/aromatic N) is 8. The maximum Gasteiger partial charge on any atom is 0.254 e. The maximum atomic E-state index is 13.3. The molecule has 6 rings (SSSR count). The third-order valence-corrected chi connectivity index (χ3v) is 6.34. The number of anilines is 1. The number of hydrogen-bond acceptors (Lipinski definition) is 8. The fourth-order valence-electron chi connectivity index (χ4n) is 4.27. The SMILES string of the molecule is Nc1ccc(-c2nc([C@@H]3CCc4nc(-c5cc(Cl)ccc5-n5cnnn5)cc(=O)n43)[nH]c2Cl)nc1. The number of aromatic nitrogens is 9. The highest BCUT2D eigenvalue weighted by molar-refractivity contribution is 6.32. The van der Waals surface area contributed by atoms with Gasteiger partial charge in [0, 0.05) is 23.1 Å². The Kier molecular flexibility index (Phi) is 5.08. The zero-order valence-corrected chi connectivity index (χ0v) is 19.4. The topological polar surface area (TPSA) is 146 Å². The molecule has 1 aromatic carbocycles. The molecule has 0 spiro atoms. The fourth-order valence-corrected chi connectivity index (χ4v) is 4.68. The standard InChI is InChI=1S/C22H16Cl2N10O/c23-11-1-4-16(33-10-27-31-32-33)13(7-11)15-8-19(35)34-17(5-6-18(34)28-15)22-29-20(21(24)30-22)14-3-2-12(25)9-26-14/h1-4,7-10,17H,5-6,25H2,(H,29,30)/t17-/m0/s1. The van der Waals surface area contributed by atoms with Gasteiger partial charge in [0.05, 0.1) is 35.0 Å². The number of hydrogen-bond donors (Lipinski definition) is 2. The molecule has 3 N–H and O–H groups in total. The molecule has 11 nitrogen and oxygen atoms in total. The van der Waals surface area contributed by atoms with E-state index < -0.39 is 0 Å². The Morgan fingerprint density at radius 2 is 1.97 bits per heavy atom. The summed E-state index contributed by atoms with van der Waals surface area (Å²) in [6, 6.07) is 9.87. The summed E-state index contributed by atoms with van der Waals surface area (Å²) in [4.78, 5) is 30.1. The molecule has 0 saturated heterocycles. The Hall–Kier alpha value is -4.09. The highest BCUT2D eigenvalue weighted by Crippen LogP contribution is 2.34. The average molecular weight is 507 g/mol. The molecule has 0 fully saturated rings. The van der Waals surface area contributed by atoms with Crippen molar-refractivity contribution < 1.29 is 0 Å². The van der Waals surface area contributed by atoms with Crippen molar-refractivity contribution in [2.45, 2.75) is 18.9 Å². The number of aryl methyl sites for hydroxylation is 1. The lowest BCUT2D eigenvalue weighted by Crippen LogP contribution is -2.25. The summed E-state index contributed by atoms with van der Waals surface area (Å²) in [5, 5.41) is 12.2. The van der Waals surface area contributed by atoms with E-state index in [-0.39, 0.29) is 11.6 Å². The number of benzene rings is 1. The molecule has 0 saturated carbocycles. The van der Waals surface area contributed by atoms with E-state index in [9.17, 15) is 4.79 Å². The molecule has 35 heavy (non-hydrogen) atoms. The number of nitrogen functional groups attached to an aromatic ring is 1. The molecule has 0 unspecified atom stereocenters. The van der Waals surface area contributed by atoms with Crippen molar-refractivity contribution in [2.24, 2.45) is 0 Å². The molecule has 0 bridgehead atoms. The van der Waals surface area contributed by atoms with Crippen LogP contribution in [0.15, 0.2) is 53.7 Å². The number of nitrogens with two attached hydrogens (primary N) is 1. The van der Waals surface area contributed by atoms with E-state index in [0.29, 0.717) is 68.7 Å². The van der Waals surface area contributed by atoms with Crippen molar-refractivity contribution >= 4 is 28.9 Å². The van der Waals surface area contributed by atoms with E-state index in [0.717, 1.165) is 0 Å². The summed E-state index contributed by atoms with van der Waals surface area (Å²) in [5.74, 6) is 1.20. The summed E-state index contributed by atoms with van der Waals surface area (Å²) in [6.07, 6.45) is 4.24.